The Labute approximate surface area is 116 Å². The van der Waals surface area contributed by atoms with Crippen LogP contribution in [0.25, 0.3) is 0 Å². The summed E-state index contributed by atoms with van der Waals surface area (Å²) in [6, 6.07) is 5.52. The molecule has 1 aromatic carbocycles. The first kappa shape index (κ1) is 15.8. The highest BCUT2D eigenvalue weighted by atomic mass is 19.1. The molecule has 0 unspecified atom stereocenters. The normalized spacial score (nSPS) is 9.90. The van der Waals surface area contributed by atoms with Crippen LogP contribution in [-0.4, -0.2) is 48.1 Å². The molecular weight excluding hydrogens is 263 g/mol. The van der Waals surface area contributed by atoms with Gasteiger partial charge < -0.3 is 15.3 Å². The van der Waals surface area contributed by atoms with Crippen LogP contribution in [-0.2, 0) is 4.79 Å². The van der Waals surface area contributed by atoms with E-state index in [9.17, 15) is 14.0 Å². The molecule has 20 heavy (non-hydrogen) atoms. The van der Waals surface area contributed by atoms with Crippen LogP contribution in [0.15, 0.2) is 36.9 Å². The molecule has 1 rings (SSSR count). The molecule has 0 spiro atoms. The zero-order valence-electron chi connectivity index (χ0n) is 11.0. The number of carbonyl (C=O) groups is 2. The van der Waals surface area contributed by atoms with Crippen molar-refractivity contribution in [3.8, 4) is 0 Å². The van der Waals surface area contributed by atoms with Crippen molar-refractivity contribution in [2.45, 2.75) is 0 Å². The molecule has 108 valence electrons. The molecule has 0 aromatic heterocycles. The number of nitrogens with one attached hydrogen (secondary N) is 1. The number of amides is 2. The standard InChI is InChI=1S/C14H17FN2O3/c1-2-7-17(8-9-18)13(19)10-16-14(20)11-5-3-4-6-12(11)15/h2-6,18H,1,7-10H2,(H,16,20). The predicted molar refractivity (Wildman–Crippen MR) is 72.6 cm³/mol. The number of benzene rings is 1. The Morgan fingerprint density at radius 2 is 2.10 bits per heavy atom. The zero-order chi connectivity index (χ0) is 15.0. The summed E-state index contributed by atoms with van der Waals surface area (Å²) >= 11 is 0. The Balaban J connectivity index is 2.57. The molecule has 5 nitrogen and oxygen atoms in total. The van der Waals surface area contributed by atoms with Crippen LogP contribution in [0.3, 0.4) is 0 Å². The Hall–Kier alpha value is -2.21. The average Bonchev–Trinajstić information content (AvgIpc) is 2.44. The van der Waals surface area contributed by atoms with Gasteiger partial charge in [-0.2, -0.15) is 0 Å². The van der Waals surface area contributed by atoms with Gasteiger partial charge in [-0.05, 0) is 12.1 Å². The Morgan fingerprint density at radius 3 is 2.70 bits per heavy atom. The third kappa shape index (κ3) is 4.47. The first-order valence-electron chi connectivity index (χ1n) is 6.12. The Kier molecular flexibility index (Phi) is 6.39. The van der Waals surface area contributed by atoms with E-state index >= 15 is 0 Å². The monoisotopic (exact) mass is 280 g/mol. The molecule has 0 bridgehead atoms. The third-order valence-electron chi connectivity index (χ3n) is 2.59. The summed E-state index contributed by atoms with van der Waals surface area (Å²) in [4.78, 5) is 24.9. The summed E-state index contributed by atoms with van der Waals surface area (Å²) in [7, 11) is 0. The molecule has 0 heterocycles. The van der Waals surface area contributed by atoms with Gasteiger partial charge in [-0.1, -0.05) is 18.2 Å². The molecule has 0 aliphatic rings. The van der Waals surface area contributed by atoms with Crippen LogP contribution in [0.1, 0.15) is 10.4 Å². The molecule has 1 aromatic rings. The van der Waals surface area contributed by atoms with E-state index in [0.717, 1.165) is 0 Å². The lowest BCUT2D eigenvalue weighted by atomic mass is 10.2. The van der Waals surface area contributed by atoms with Crippen LogP contribution in [0.4, 0.5) is 4.39 Å². The number of hydrogen-bond acceptors (Lipinski definition) is 3. The van der Waals surface area contributed by atoms with Crippen LogP contribution in [0.2, 0.25) is 0 Å². The van der Waals surface area contributed by atoms with E-state index in [1.54, 1.807) is 0 Å². The molecule has 2 N–H and O–H groups in total. The fourth-order valence-corrected chi connectivity index (χ4v) is 1.60. The van der Waals surface area contributed by atoms with Gasteiger partial charge in [0.15, 0.2) is 0 Å². The molecule has 2 amide bonds. The van der Waals surface area contributed by atoms with Crippen molar-refractivity contribution >= 4 is 11.8 Å². The van der Waals surface area contributed by atoms with Crippen LogP contribution >= 0.6 is 0 Å². The Bertz CT molecular complexity index is 491. The van der Waals surface area contributed by atoms with E-state index in [4.69, 9.17) is 5.11 Å². The van der Waals surface area contributed by atoms with Crippen LogP contribution < -0.4 is 5.32 Å². The summed E-state index contributed by atoms with van der Waals surface area (Å²) in [6.45, 7) is 3.49. The van der Waals surface area contributed by atoms with Crippen molar-refractivity contribution in [3.05, 3.63) is 48.3 Å². The first-order valence-corrected chi connectivity index (χ1v) is 6.12. The van der Waals surface area contributed by atoms with Gasteiger partial charge in [0.1, 0.15) is 5.82 Å². The molecule has 0 saturated carbocycles. The summed E-state index contributed by atoms with van der Waals surface area (Å²) in [5.74, 6) is -1.67. The summed E-state index contributed by atoms with van der Waals surface area (Å²) in [5.41, 5.74) is -0.113. The molecule has 0 saturated heterocycles. The highest BCUT2D eigenvalue weighted by Crippen LogP contribution is 2.05. The van der Waals surface area contributed by atoms with Crippen molar-refractivity contribution < 1.29 is 19.1 Å². The summed E-state index contributed by atoms with van der Waals surface area (Å²) in [5, 5.41) is 11.2. The number of aliphatic hydroxyl groups excluding tert-OH is 1. The molecular formula is C14H17FN2O3. The van der Waals surface area contributed by atoms with E-state index in [2.05, 4.69) is 11.9 Å². The predicted octanol–water partition coefficient (Wildman–Crippen LogP) is 0.562. The number of hydrogen-bond donors (Lipinski definition) is 2. The summed E-state index contributed by atoms with van der Waals surface area (Å²) in [6.07, 6.45) is 1.52. The lowest BCUT2D eigenvalue weighted by Crippen LogP contribution is -2.41. The largest absolute Gasteiger partial charge is 0.395 e. The van der Waals surface area contributed by atoms with Gasteiger partial charge in [0.25, 0.3) is 5.91 Å². The average molecular weight is 280 g/mol. The minimum Gasteiger partial charge on any atom is -0.395 e. The lowest BCUT2D eigenvalue weighted by molar-refractivity contribution is -0.130. The quantitative estimate of drug-likeness (QED) is 0.717. The molecule has 0 aliphatic carbocycles. The second-order valence-electron chi connectivity index (χ2n) is 4.01. The van der Waals surface area contributed by atoms with Crippen molar-refractivity contribution in [2.24, 2.45) is 0 Å². The summed E-state index contributed by atoms with van der Waals surface area (Å²) < 4.78 is 13.4. The van der Waals surface area contributed by atoms with Crippen molar-refractivity contribution in [1.82, 2.24) is 10.2 Å². The molecule has 0 radical (unpaired) electrons. The van der Waals surface area contributed by atoms with E-state index in [1.807, 2.05) is 0 Å². The van der Waals surface area contributed by atoms with Crippen LogP contribution in [0, 0.1) is 5.82 Å². The first-order chi connectivity index (χ1) is 9.60. The molecule has 0 atom stereocenters. The van der Waals surface area contributed by atoms with Gasteiger partial charge in [-0.15, -0.1) is 6.58 Å². The number of nitrogens with zero attached hydrogens (tertiary/aromatic N) is 1. The topological polar surface area (TPSA) is 69.6 Å². The van der Waals surface area contributed by atoms with E-state index in [1.165, 1.54) is 35.2 Å². The van der Waals surface area contributed by atoms with Crippen molar-refractivity contribution in [1.29, 1.82) is 0 Å². The molecule has 0 fully saturated rings. The molecule has 6 heteroatoms. The third-order valence-corrected chi connectivity index (χ3v) is 2.59. The van der Waals surface area contributed by atoms with Gasteiger partial charge in [0, 0.05) is 13.1 Å². The lowest BCUT2D eigenvalue weighted by Gasteiger charge is -2.20. The van der Waals surface area contributed by atoms with Crippen molar-refractivity contribution in [2.75, 3.05) is 26.2 Å². The number of halogens is 1. The maximum absolute atomic E-state index is 13.4. The maximum atomic E-state index is 13.4. The van der Waals surface area contributed by atoms with E-state index in [-0.39, 0.29) is 37.7 Å². The van der Waals surface area contributed by atoms with Gasteiger partial charge in [0.05, 0.1) is 18.7 Å². The smallest absolute Gasteiger partial charge is 0.254 e. The van der Waals surface area contributed by atoms with Gasteiger partial charge in [-0.25, -0.2) is 4.39 Å². The van der Waals surface area contributed by atoms with Crippen LogP contribution in [0.5, 0.6) is 0 Å². The SMILES string of the molecule is C=CCN(CCO)C(=O)CNC(=O)c1ccccc1F. The highest BCUT2D eigenvalue weighted by Gasteiger charge is 2.15. The minimum atomic E-state index is -0.654. The number of aliphatic hydroxyl groups is 1. The van der Waals surface area contributed by atoms with Gasteiger partial charge in [-0.3, -0.25) is 9.59 Å². The van der Waals surface area contributed by atoms with Gasteiger partial charge >= 0.3 is 0 Å². The fourth-order valence-electron chi connectivity index (χ4n) is 1.60. The zero-order valence-corrected chi connectivity index (χ0v) is 11.0. The molecule has 0 aliphatic heterocycles. The minimum absolute atomic E-state index is 0.113. The fraction of sp³-hybridized carbons (Fsp3) is 0.286. The highest BCUT2D eigenvalue weighted by molar-refractivity contribution is 5.96. The van der Waals surface area contributed by atoms with Gasteiger partial charge in [0.2, 0.25) is 5.91 Å². The Morgan fingerprint density at radius 1 is 1.40 bits per heavy atom. The number of rotatable bonds is 7. The van der Waals surface area contributed by atoms with E-state index < -0.39 is 11.7 Å². The van der Waals surface area contributed by atoms with Crippen molar-refractivity contribution in [3.63, 3.8) is 0 Å². The second kappa shape index (κ2) is 8.06. The maximum Gasteiger partial charge on any atom is 0.254 e. The van der Waals surface area contributed by atoms with E-state index in [0.29, 0.717) is 0 Å². The second-order valence-corrected chi connectivity index (χ2v) is 4.01. The number of carbonyl (C=O) groups excluding carboxylic acids is 2.